The van der Waals surface area contributed by atoms with Gasteiger partial charge in [0, 0.05) is 12.7 Å². The van der Waals surface area contributed by atoms with E-state index in [-0.39, 0.29) is 29.9 Å². The summed E-state index contributed by atoms with van der Waals surface area (Å²) in [6.07, 6.45) is 1.55. The fourth-order valence-corrected chi connectivity index (χ4v) is 3.33. The van der Waals surface area contributed by atoms with Gasteiger partial charge in [-0.1, -0.05) is 17.7 Å². The highest BCUT2D eigenvalue weighted by atomic mass is 35.5. The van der Waals surface area contributed by atoms with Crippen LogP contribution in [0.4, 0.5) is 0 Å². The van der Waals surface area contributed by atoms with Gasteiger partial charge in [-0.05, 0) is 12.1 Å². The fourth-order valence-electron chi connectivity index (χ4n) is 1.67. The van der Waals surface area contributed by atoms with Crippen LogP contribution in [0.1, 0.15) is 0 Å². The molecule has 2 aromatic rings. The molecule has 10 heteroatoms. The molecule has 0 fully saturated rings. The van der Waals surface area contributed by atoms with Crippen LogP contribution in [0.25, 0.3) is 5.65 Å². The molecule has 8 nitrogen and oxygen atoms in total. The zero-order valence-electron chi connectivity index (χ0n) is 10.8. The van der Waals surface area contributed by atoms with Gasteiger partial charge in [-0.3, -0.25) is 9.20 Å². The highest BCUT2D eigenvalue weighted by Gasteiger charge is 2.23. The number of amides is 1. The van der Waals surface area contributed by atoms with Crippen LogP contribution in [0.3, 0.4) is 0 Å². The van der Waals surface area contributed by atoms with Crippen molar-refractivity contribution >= 4 is 33.2 Å². The summed E-state index contributed by atoms with van der Waals surface area (Å²) in [6.45, 7) is -0.277. The van der Waals surface area contributed by atoms with Gasteiger partial charge in [0.2, 0.25) is 5.91 Å². The third-order valence-electron chi connectivity index (χ3n) is 2.48. The van der Waals surface area contributed by atoms with E-state index < -0.39 is 15.9 Å². The van der Waals surface area contributed by atoms with Crippen LogP contribution in [0, 0.1) is 0 Å². The number of pyridine rings is 1. The monoisotopic (exact) mass is 332 g/mol. The molecule has 0 aliphatic carbocycles. The summed E-state index contributed by atoms with van der Waals surface area (Å²) in [6, 6.07) is 5.03. The number of fused-ring (bicyclic) bond motifs is 1. The third kappa shape index (κ3) is 3.70. The number of rotatable bonds is 7. The van der Waals surface area contributed by atoms with Gasteiger partial charge in [-0.15, -0.1) is 0 Å². The molecule has 0 radical (unpaired) electrons. The van der Waals surface area contributed by atoms with E-state index in [0.29, 0.717) is 5.65 Å². The summed E-state index contributed by atoms with van der Waals surface area (Å²) in [5, 5.41) is -0.263. The zero-order chi connectivity index (χ0) is 15.5. The van der Waals surface area contributed by atoms with E-state index in [4.69, 9.17) is 22.1 Å². The maximum Gasteiger partial charge on any atom is 0.259 e. The highest BCUT2D eigenvalue weighted by molar-refractivity contribution is 7.89. The number of aromatic nitrogens is 2. The van der Waals surface area contributed by atoms with Crippen LogP contribution in [-0.2, 0) is 19.6 Å². The molecule has 114 valence electrons. The van der Waals surface area contributed by atoms with Crippen LogP contribution in [0.2, 0.25) is 5.15 Å². The molecule has 0 aliphatic heterocycles. The highest BCUT2D eigenvalue weighted by Crippen LogP contribution is 2.21. The topological polar surface area (TPSA) is 116 Å². The number of carbonyl (C=O) groups is 1. The maximum atomic E-state index is 12.2. The molecule has 1 amide bonds. The Kier molecular flexibility index (Phi) is 4.78. The Morgan fingerprint density at radius 3 is 2.95 bits per heavy atom. The molecule has 2 aromatic heterocycles. The van der Waals surface area contributed by atoms with Crippen molar-refractivity contribution in [3.05, 3.63) is 29.5 Å². The number of imidazole rings is 1. The lowest BCUT2D eigenvalue weighted by molar-refractivity contribution is -0.122. The van der Waals surface area contributed by atoms with Crippen molar-refractivity contribution in [1.82, 2.24) is 14.1 Å². The van der Waals surface area contributed by atoms with E-state index in [2.05, 4.69) is 9.71 Å². The predicted molar refractivity (Wildman–Crippen MR) is 75.4 cm³/mol. The van der Waals surface area contributed by atoms with Crippen molar-refractivity contribution in [2.75, 3.05) is 19.8 Å². The molecule has 0 unspecified atom stereocenters. The van der Waals surface area contributed by atoms with Gasteiger partial charge in [0.05, 0.1) is 6.61 Å². The molecule has 2 rings (SSSR count). The Balaban J connectivity index is 2.11. The summed E-state index contributed by atoms with van der Waals surface area (Å²) < 4.78 is 33.0. The summed E-state index contributed by atoms with van der Waals surface area (Å²) in [7, 11) is -3.85. The van der Waals surface area contributed by atoms with Gasteiger partial charge in [0.1, 0.15) is 12.3 Å². The molecule has 21 heavy (non-hydrogen) atoms. The molecule has 2 heterocycles. The van der Waals surface area contributed by atoms with E-state index in [1.54, 1.807) is 24.4 Å². The van der Waals surface area contributed by atoms with E-state index in [9.17, 15) is 13.2 Å². The smallest absolute Gasteiger partial charge is 0.259 e. The number of nitrogens with two attached hydrogens (primary N) is 1. The van der Waals surface area contributed by atoms with E-state index in [1.807, 2.05) is 0 Å². The summed E-state index contributed by atoms with van der Waals surface area (Å²) in [4.78, 5) is 14.4. The molecule has 0 aliphatic rings. The number of nitrogens with one attached hydrogen (secondary N) is 1. The van der Waals surface area contributed by atoms with E-state index >= 15 is 0 Å². The molecular weight excluding hydrogens is 320 g/mol. The summed E-state index contributed by atoms with van der Waals surface area (Å²) >= 11 is 5.89. The molecule has 0 saturated carbocycles. The minimum absolute atomic E-state index is 0.0104. The standard InChI is InChI=1S/C11H13ClN4O4S/c12-10-11(16-5-2-1-3-9(16)15-10)21(18,19)14-4-6-20-7-8(13)17/h1-3,5,14H,4,6-7H2,(H2,13,17). The second kappa shape index (κ2) is 6.39. The molecule has 3 N–H and O–H groups in total. The Morgan fingerprint density at radius 2 is 2.24 bits per heavy atom. The minimum Gasteiger partial charge on any atom is -0.370 e. The van der Waals surface area contributed by atoms with Crippen molar-refractivity contribution in [2.45, 2.75) is 5.03 Å². The number of halogens is 1. The normalized spacial score (nSPS) is 11.9. The predicted octanol–water partition coefficient (Wildman–Crippen LogP) is -0.232. The number of hydrogen-bond donors (Lipinski definition) is 2. The Bertz CT molecular complexity index is 759. The molecule has 0 spiro atoms. The van der Waals surface area contributed by atoms with Gasteiger partial charge in [0.25, 0.3) is 10.0 Å². The first-order valence-corrected chi connectivity index (χ1v) is 7.76. The van der Waals surface area contributed by atoms with Crippen molar-refractivity contribution < 1.29 is 17.9 Å². The van der Waals surface area contributed by atoms with Crippen LogP contribution < -0.4 is 10.5 Å². The minimum atomic E-state index is -3.85. The maximum absolute atomic E-state index is 12.2. The van der Waals surface area contributed by atoms with Gasteiger partial charge < -0.3 is 10.5 Å². The lowest BCUT2D eigenvalue weighted by Gasteiger charge is -2.07. The summed E-state index contributed by atoms with van der Waals surface area (Å²) in [5.74, 6) is -0.623. The second-order valence-corrected chi connectivity index (χ2v) is 6.09. The molecule has 0 saturated heterocycles. The Morgan fingerprint density at radius 1 is 1.48 bits per heavy atom. The van der Waals surface area contributed by atoms with Gasteiger partial charge in [-0.25, -0.2) is 18.1 Å². The number of hydrogen-bond acceptors (Lipinski definition) is 5. The molecular formula is C11H13ClN4O4S. The van der Waals surface area contributed by atoms with E-state index in [1.165, 1.54) is 4.40 Å². The number of sulfonamides is 1. The lowest BCUT2D eigenvalue weighted by atomic mass is 10.5. The van der Waals surface area contributed by atoms with Crippen molar-refractivity contribution in [1.29, 1.82) is 0 Å². The number of carbonyl (C=O) groups excluding carboxylic acids is 1. The number of primary amides is 1. The van der Waals surface area contributed by atoms with Crippen molar-refractivity contribution in [3.8, 4) is 0 Å². The first-order valence-electron chi connectivity index (χ1n) is 5.90. The SMILES string of the molecule is NC(=O)COCCNS(=O)(=O)c1c(Cl)nc2ccccn12. The summed E-state index contributed by atoms with van der Waals surface area (Å²) in [5.41, 5.74) is 5.31. The number of ether oxygens (including phenoxy) is 1. The number of nitrogens with zero attached hydrogens (tertiary/aromatic N) is 2. The fraction of sp³-hybridized carbons (Fsp3) is 0.273. The Labute approximate surface area is 125 Å². The van der Waals surface area contributed by atoms with E-state index in [0.717, 1.165) is 0 Å². The van der Waals surface area contributed by atoms with Crippen LogP contribution in [-0.4, -0.2) is 43.5 Å². The van der Waals surface area contributed by atoms with Crippen LogP contribution in [0.15, 0.2) is 29.4 Å². The quantitative estimate of drug-likeness (QED) is 0.679. The lowest BCUT2D eigenvalue weighted by Crippen LogP contribution is -2.29. The van der Waals surface area contributed by atoms with Gasteiger partial charge in [0.15, 0.2) is 10.2 Å². The third-order valence-corrected chi connectivity index (χ3v) is 4.34. The van der Waals surface area contributed by atoms with Crippen LogP contribution >= 0.6 is 11.6 Å². The molecule has 0 aromatic carbocycles. The van der Waals surface area contributed by atoms with Gasteiger partial charge >= 0.3 is 0 Å². The zero-order valence-corrected chi connectivity index (χ0v) is 12.4. The Hall–Kier alpha value is -1.68. The van der Waals surface area contributed by atoms with Crippen molar-refractivity contribution in [3.63, 3.8) is 0 Å². The van der Waals surface area contributed by atoms with Crippen LogP contribution in [0.5, 0.6) is 0 Å². The molecule has 0 bridgehead atoms. The average molecular weight is 333 g/mol. The molecule has 0 atom stereocenters. The second-order valence-electron chi connectivity index (χ2n) is 4.05. The van der Waals surface area contributed by atoms with Crippen molar-refractivity contribution in [2.24, 2.45) is 5.73 Å². The first kappa shape index (κ1) is 15.7. The largest absolute Gasteiger partial charge is 0.370 e. The average Bonchev–Trinajstić information content (AvgIpc) is 2.74. The van der Waals surface area contributed by atoms with Gasteiger partial charge in [-0.2, -0.15) is 0 Å². The first-order chi connectivity index (χ1) is 9.92.